The van der Waals surface area contributed by atoms with Crippen molar-refractivity contribution in [1.82, 2.24) is 4.72 Å². The molecule has 1 atom stereocenters. The summed E-state index contributed by atoms with van der Waals surface area (Å²) in [5, 5.41) is 0. The highest BCUT2D eigenvalue weighted by molar-refractivity contribution is 7.89. The van der Waals surface area contributed by atoms with E-state index in [0.29, 0.717) is 5.69 Å². The molecular formula is C14H18ClN3O2S. The Hall–Kier alpha value is -1.63. The minimum absolute atomic E-state index is 0. The Morgan fingerprint density at radius 2 is 1.76 bits per heavy atom. The number of sulfonamides is 1. The van der Waals surface area contributed by atoms with Crippen molar-refractivity contribution in [2.45, 2.75) is 24.9 Å². The van der Waals surface area contributed by atoms with Gasteiger partial charge in [0.15, 0.2) is 11.9 Å². The summed E-state index contributed by atoms with van der Waals surface area (Å²) in [6, 6.07) is 11.8. The molecule has 1 heterocycles. The standard InChI is InChI=1S/C14H18N3O2S.ClH/c1-11-5-3-4-10-17(11)12(2)16-20(18,19)14-8-6-13(15)7-9-14;/h3-10,12,16H,15H2,1-2H3;1H/q+1;/p-1. The highest BCUT2D eigenvalue weighted by atomic mass is 35.5. The van der Waals surface area contributed by atoms with E-state index in [1.807, 2.05) is 35.9 Å². The van der Waals surface area contributed by atoms with E-state index < -0.39 is 10.0 Å². The summed E-state index contributed by atoms with van der Waals surface area (Å²) in [5.74, 6) is 0. The zero-order valence-electron chi connectivity index (χ0n) is 11.8. The second-order valence-corrected chi connectivity index (χ2v) is 6.33. The van der Waals surface area contributed by atoms with Gasteiger partial charge in [-0.15, -0.1) is 4.72 Å². The van der Waals surface area contributed by atoms with Crippen molar-refractivity contribution in [3.8, 4) is 0 Å². The molecule has 1 aromatic carbocycles. The minimum Gasteiger partial charge on any atom is -1.00 e. The molecule has 0 saturated heterocycles. The van der Waals surface area contributed by atoms with Gasteiger partial charge in [-0.25, -0.2) is 8.42 Å². The normalized spacial score (nSPS) is 12.5. The van der Waals surface area contributed by atoms with Gasteiger partial charge in [-0.2, -0.15) is 4.57 Å². The van der Waals surface area contributed by atoms with Gasteiger partial charge in [0, 0.05) is 31.7 Å². The zero-order chi connectivity index (χ0) is 14.8. The molecule has 7 heteroatoms. The molecule has 5 nitrogen and oxygen atoms in total. The quantitative estimate of drug-likeness (QED) is 0.523. The Bertz CT molecular complexity index is 702. The molecule has 1 aromatic heterocycles. The number of hydrogen-bond donors (Lipinski definition) is 2. The lowest BCUT2D eigenvalue weighted by molar-refractivity contribution is -0.727. The van der Waals surface area contributed by atoms with Crippen molar-refractivity contribution in [2.24, 2.45) is 0 Å². The maximum atomic E-state index is 12.3. The fourth-order valence-electron chi connectivity index (χ4n) is 1.97. The third-order valence-electron chi connectivity index (χ3n) is 3.04. The van der Waals surface area contributed by atoms with Gasteiger partial charge in [-0.1, -0.05) is 6.07 Å². The van der Waals surface area contributed by atoms with Gasteiger partial charge in [0.25, 0.3) is 0 Å². The van der Waals surface area contributed by atoms with Crippen molar-refractivity contribution in [3.05, 3.63) is 54.4 Å². The molecule has 1 unspecified atom stereocenters. The first kappa shape index (κ1) is 17.4. The summed E-state index contributed by atoms with van der Waals surface area (Å²) in [6.07, 6.45) is 1.46. The summed E-state index contributed by atoms with van der Waals surface area (Å²) in [6.45, 7) is 3.72. The van der Waals surface area contributed by atoms with Crippen molar-refractivity contribution in [2.75, 3.05) is 5.73 Å². The molecule has 3 N–H and O–H groups in total. The molecule has 0 spiro atoms. The summed E-state index contributed by atoms with van der Waals surface area (Å²) in [7, 11) is -3.57. The van der Waals surface area contributed by atoms with E-state index in [9.17, 15) is 8.42 Å². The van der Waals surface area contributed by atoms with Crippen LogP contribution in [-0.2, 0) is 10.0 Å². The lowest BCUT2D eigenvalue weighted by Crippen LogP contribution is -3.00. The first-order valence-corrected chi connectivity index (χ1v) is 7.73. The predicted octanol–water partition coefficient (Wildman–Crippen LogP) is -1.63. The van der Waals surface area contributed by atoms with Gasteiger partial charge in [-0.05, 0) is 24.3 Å². The highest BCUT2D eigenvalue weighted by Crippen LogP contribution is 2.12. The van der Waals surface area contributed by atoms with Crippen LogP contribution in [0.5, 0.6) is 0 Å². The van der Waals surface area contributed by atoms with Crippen molar-refractivity contribution >= 4 is 15.7 Å². The van der Waals surface area contributed by atoms with E-state index in [2.05, 4.69) is 4.72 Å². The summed E-state index contributed by atoms with van der Waals surface area (Å²) < 4.78 is 29.0. The smallest absolute Gasteiger partial charge is 0.245 e. The van der Waals surface area contributed by atoms with Crippen LogP contribution >= 0.6 is 0 Å². The van der Waals surface area contributed by atoms with Crippen LogP contribution < -0.4 is 27.4 Å². The van der Waals surface area contributed by atoms with Crippen LogP contribution in [0.1, 0.15) is 18.8 Å². The molecule has 0 aliphatic carbocycles. The number of nitrogens with one attached hydrogen (secondary N) is 1. The molecule has 0 aliphatic rings. The summed E-state index contributed by atoms with van der Waals surface area (Å²) in [4.78, 5) is 0.202. The molecule has 114 valence electrons. The van der Waals surface area contributed by atoms with E-state index in [1.165, 1.54) is 12.1 Å². The van der Waals surface area contributed by atoms with Gasteiger partial charge in [0.2, 0.25) is 16.2 Å². The average molecular weight is 328 g/mol. The van der Waals surface area contributed by atoms with E-state index in [1.54, 1.807) is 19.1 Å². The maximum Gasteiger partial charge on any atom is 0.245 e. The van der Waals surface area contributed by atoms with Crippen LogP contribution in [-0.4, -0.2) is 8.42 Å². The van der Waals surface area contributed by atoms with Gasteiger partial charge in [0.05, 0.1) is 4.90 Å². The number of nitrogens with zero attached hydrogens (tertiary/aromatic N) is 1. The lowest BCUT2D eigenvalue weighted by Gasteiger charge is -2.12. The number of pyridine rings is 1. The van der Waals surface area contributed by atoms with Gasteiger partial charge in [0.1, 0.15) is 0 Å². The number of halogens is 1. The molecule has 0 aliphatic heterocycles. The fourth-order valence-corrected chi connectivity index (χ4v) is 3.16. The Balaban J connectivity index is 0.00000220. The van der Waals surface area contributed by atoms with Crippen LogP contribution in [0.2, 0.25) is 0 Å². The zero-order valence-corrected chi connectivity index (χ0v) is 13.4. The molecule has 21 heavy (non-hydrogen) atoms. The van der Waals surface area contributed by atoms with Gasteiger partial charge >= 0.3 is 0 Å². The minimum atomic E-state index is -3.57. The number of aryl methyl sites for hydroxylation is 1. The number of benzene rings is 1. The Labute approximate surface area is 131 Å². The number of anilines is 1. The molecule has 2 aromatic rings. The number of nitrogen functional groups attached to an aromatic ring is 1. The Kier molecular flexibility index (Phi) is 5.71. The Morgan fingerprint density at radius 1 is 1.14 bits per heavy atom. The Morgan fingerprint density at radius 3 is 2.33 bits per heavy atom. The molecular weight excluding hydrogens is 310 g/mol. The van der Waals surface area contributed by atoms with Crippen molar-refractivity contribution in [1.29, 1.82) is 0 Å². The van der Waals surface area contributed by atoms with E-state index in [-0.39, 0.29) is 23.5 Å². The SMILES string of the molecule is Cc1cccc[n+]1C(C)NS(=O)(=O)c1ccc(N)cc1.[Cl-]. The van der Waals surface area contributed by atoms with E-state index >= 15 is 0 Å². The lowest BCUT2D eigenvalue weighted by atomic mass is 10.3. The van der Waals surface area contributed by atoms with Gasteiger partial charge < -0.3 is 18.1 Å². The number of aromatic nitrogens is 1. The fraction of sp³-hybridized carbons (Fsp3) is 0.214. The third kappa shape index (κ3) is 4.17. The van der Waals surface area contributed by atoms with Gasteiger partial charge in [-0.3, -0.25) is 0 Å². The third-order valence-corrected chi connectivity index (χ3v) is 4.58. The van der Waals surface area contributed by atoms with Crippen LogP contribution in [0, 0.1) is 6.92 Å². The number of nitrogens with two attached hydrogens (primary N) is 1. The van der Waals surface area contributed by atoms with Crippen LogP contribution in [0.4, 0.5) is 5.69 Å². The molecule has 0 amide bonds. The highest BCUT2D eigenvalue weighted by Gasteiger charge is 2.23. The van der Waals surface area contributed by atoms with Crippen LogP contribution in [0.25, 0.3) is 0 Å². The second-order valence-electron chi connectivity index (χ2n) is 4.62. The molecule has 0 radical (unpaired) electrons. The first-order chi connectivity index (χ1) is 9.40. The monoisotopic (exact) mass is 327 g/mol. The number of rotatable bonds is 4. The second kappa shape index (κ2) is 6.89. The van der Waals surface area contributed by atoms with Crippen molar-refractivity contribution in [3.63, 3.8) is 0 Å². The molecule has 0 fully saturated rings. The van der Waals surface area contributed by atoms with Crippen LogP contribution in [0.15, 0.2) is 53.6 Å². The summed E-state index contributed by atoms with van der Waals surface area (Å²) >= 11 is 0. The van der Waals surface area contributed by atoms with Crippen LogP contribution in [0.3, 0.4) is 0 Å². The largest absolute Gasteiger partial charge is 1.00 e. The first-order valence-electron chi connectivity index (χ1n) is 6.25. The molecule has 0 bridgehead atoms. The number of hydrogen-bond acceptors (Lipinski definition) is 3. The molecule has 0 saturated carbocycles. The van der Waals surface area contributed by atoms with Crippen molar-refractivity contribution < 1.29 is 25.4 Å². The molecule has 2 rings (SSSR count). The predicted molar refractivity (Wildman–Crippen MR) is 77.3 cm³/mol. The summed E-state index contributed by atoms with van der Waals surface area (Å²) in [5.41, 5.74) is 7.07. The van der Waals surface area contributed by atoms with E-state index in [4.69, 9.17) is 5.73 Å². The van der Waals surface area contributed by atoms with E-state index in [0.717, 1.165) is 5.69 Å². The topological polar surface area (TPSA) is 76.1 Å². The average Bonchev–Trinajstić information content (AvgIpc) is 2.39. The maximum absolute atomic E-state index is 12.3.